The van der Waals surface area contributed by atoms with E-state index in [1.54, 1.807) is 13.8 Å². The molecule has 344 valence electrons. The van der Waals surface area contributed by atoms with Gasteiger partial charge in [0.15, 0.2) is 0 Å². The van der Waals surface area contributed by atoms with Crippen molar-refractivity contribution in [1.82, 2.24) is 10.6 Å². The molecule has 6 saturated carbocycles. The van der Waals surface area contributed by atoms with Gasteiger partial charge in [0.1, 0.15) is 34.7 Å². The number of ether oxygens (including phenoxy) is 1. The Balaban J connectivity index is 0.000000584. The Bertz CT molecular complexity index is 1750. The van der Waals surface area contributed by atoms with Gasteiger partial charge in [-0.15, -0.1) is 0 Å². The molecule has 15 nitrogen and oxygen atoms in total. The number of Topliss-reactive ketones (excluding diaryl/α,β-unsaturated/α-hetero) is 6. The standard InChI is InChI=1S/C23H33NO6.C21H29NO6.2CH4.Li.H2O/c1-4-30-20(29)10-12-24-19(28)9-11-22(2)17(26)7-5-14-15-6-8-18(27)23(15,3)13-16(25)21(14)22;1-20(9-7-17(26)22-10-8-18(27)28)15(24)5-3-12-13-4-6-16(25)21(13,2)11-14(23)19(12)20;;;;/h14-15,21H,4-13H2,1-3H3,(H,24,28);12-13,19H,3-11H2,1-2H3,(H,22,26)(H,27,28);2*1H4;;1H2/q;;;;+1;/p-1/t14-,15-,21+,22-,23-;12-,13-,19+,20-,21-;;;;/m00..../s1. The SMILES string of the molecule is C.C.CCOC(=O)CCNC(=O)CC[C@@]1(C)C(=O)CC[C@@H]2[C@@H]1C(=O)C[C@]1(C)C(=O)CC[C@@H]21.C[C@]1(CCC(=O)NCCC(=O)O)C(=O)CC[C@@H]2[C@@H]1C(=O)C[C@]1(C)C(=O)CC[C@@H]21.[Li+].[OH-]. The molecule has 0 aromatic carbocycles. The topological polar surface area (TPSA) is 254 Å². The van der Waals surface area contributed by atoms with E-state index in [1.165, 1.54) is 0 Å². The van der Waals surface area contributed by atoms with Crippen LogP contribution >= 0.6 is 0 Å². The minimum Gasteiger partial charge on any atom is -0.870 e. The van der Waals surface area contributed by atoms with Gasteiger partial charge in [0, 0.05) is 98.0 Å². The van der Waals surface area contributed by atoms with Crippen molar-refractivity contribution >= 4 is 58.5 Å². The summed E-state index contributed by atoms with van der Waals surface area (Å²) in [6, 6.07) is 0. The number of amides is 2. The molecule has 6 rings (SSSR count). The molecule has 2 amide bonds. The number of carboxylic acid groups (broad SMARTS) is 1. The maximum absolute atomic E-state index is 13.2. The smallest absolute Gasteiger partial charge is 0.870 e. The van der Waals surface area contributed by atoms with Gasteiger partial charge in [-0.05, 0) is 69.1 Å². The second-order valence-electron chi connectivity index (χ2n) is 18.7. The van der Waals surface area contributed by atoms with Crippen molar-refractivity contribution in [3.8, 4) is 0 Å². The fourth-order valence-electron chi connectivity index (χ4n) is 12.2. The molecule has 0 bridgehead atoms. The fraction of sp³-hybridized carbons (Fsp3) is 0.783. The molecular weight excluding hydrogens is 795 g/mol. The average Bonchev–Trinajstić information content (AvgIpc) is 3.62. The molecule has 0 aromatic heterocycles. The van der Waals surface area contributed by atoms with Gasteiger partial charge in [0.25, 0.3) is 0 Å². The van der Waals surface area contributed by atoms with Crippen LogP contribution in [0.1, 0.15) is 152 Å². The Morgan fingerprint density at radius 3 is 1.35 bits per heavy atom. The van der Waals surface area contributed by atoms with E-state index in [4.69, 9.17) is 9.84 Å². The Morgan fingerprint density at radius 2 is 0.984 bits per heavy atom. The van der Waals surface area contributed by atoms with Crippen molar-refractivity contribution in [3.63, 3.8) is 0 Å². The summed E-state index contributed by atoms with van der Waals surface area (Å²) in [5, 5.41) is 13.9. The molecule has 0 saturated heterocycles. The van der Waals surface area contributed by atoms with Gasteiger partial charge in [-0.25, -0.2) is 0 Å². The molecule has 10 atom stereocenters. The summed E-state index contributed by atoms with van der Waals surface area (Å²) in [6.07, 6.45) is 5.84. The Morgan fingerprint density at radius 1 is 0.613 bits per heavy atom. The van der Waals surface area contributed by atoms with Crippen molar-refractivity contribution in [3.05, 3.63) is 0 Å². The first-order chi connectivity index (χ1) is 27.2. The zero-order valence-corrected chi connectivity index (χ0v) is 36.3. The number of esters is 1. The fourth-order valence-corrected chi connectivity index (χ4v) is 12.2. The van der Waals surface area contributed by atoms with Crippen LogP contribution in [0.15, 0.2) is 0 Å². The third-order valence-corrected chi connectivity index (χ3v) is 15.4. The predicted molar refractivity (Wildman–Crippen MR) is 223 cm³/mol. The minimum atomic E-state index is -0.987. The van der Waals surface area contributed by atoms with Gasteiger partial charge < -0.3 is 26.0 Å². The first-order valence-electron chi connectivity index (χ1n) is 21.3. The normalized spacial score (nSPS) is 34.1. The summed E-state index contributed by atoms with van der Waals surface area (Å²) in [5.74, 6) is -1.96. The number of ketones is 6. The van der Waals surface area contributed by atoms with Gasteiger partial charge in [-0.2, -0.15) is 0 Å². The second kappa shape index (κ2) is 22.4. The first-order valence-corrected chi connectivity index (χ1v) is 21.3. The van der Waals surface area contributed by atoms with E-state index in [2.05, 4.69) is 10.6 Å². The van der Waals surface area contributed by atoms with Gasteiger partial charge >= 0.3 is 30.8 Å². The minimum absolute atomic E-state index is 0. The number of carbonyl (C=O) groups is 10. The van der Waals surface area contributed by atoms with Crippen LogP contribution in [-0.2, 0) is 52.7 Å². The van der Waals surface area contributed by atoms with Crippen LogP contribution < -0.4 is 29.5 Å². The number of hydrogen-bond donors (Lipinski definition) is 3. The molecule has 6 fully saturated rings. The van der Waals surface area contributed by atoms with E-state index >= 15 is 0 Å². The van der Waals surface area contributed by atoms with Crippen molar-refractivity contribution in [2.75, 3.05) is 19.7 Å². The van der Waals surface area contributed by atoms with Crippen molar-refractivity contribution < 1.29 is 82.1 Å². The van der Waals surface area contributed by atoms with E-state index in [-0.39, 0.29) is 173 Å². The summed E-state index contributed by atoms with van der Waals surface area (Å²) in [6.45, 7) is 9.72. The maximum atomic E-state index is 13.2. The van der Waals surface area contributed by atoms with Gasteiger partial charge in [-0.3, -0.25) is 47.9 Å². The molecule has 16 heteroatoms. The molecule has 0 aromatic rings. The van der Waals surface area contributed by atoms with Gasteiger partial charge in [-0.1, -0.05) is 42.5 Å². The molecule has 0 heterocycles. The van der Waals surface area contributed by atoms with Crippen LogP contribution in [0.3, 0.4) is 0 Å². The van der Waals surface area contributed by atoms with E-state index < -0.39 is 39.5 Å². The largest absolute Gasteiger partial charge is 1.00 e. The molecular formula is C46H71LiN2O13. The summed E-state index contributed by atoms with van der Waals surface area (Å²) in [7, 11) is 0. The van der Waals surface area contributed by atoms with E-state index in [0.29, 0.717) is 51.6 Å². The molecule has 4 N–H and O–H groups in total. The summed E-state index contributed by atoms with van der Waals surface area (Å²) < 4.78 is 4.83. The number of carboxylic acids is 1. The third kappa shape index (κ3) is 11.0. The number of fused-ring (bicyclic) bond motifs is 6. The van der Waals surface area contributed by atoms with Crippen molar-refractivity contribution in [2.45, 2.75) is 152 Å². The van der Waals surface area contributed by atoms with Gasteiger partial charge in [0.05, 0.1) is 19.4 Å². The predicted octanol–water partition coefficient (Wildman–Crippen LogP) is 2.41. The maximum Gasteiger partial charge on any atom is 1.00 e. The molecule has 6 aliphatic rings. The van der Waals surface area contributed by atoms with Crippen LogP contribution in [0.5, 0.6) is 0 Å². The second-order valence-corrected chi connectivity index (χ2v) is 18.7. The number of rotatable bonds is 13. The van der Waals surface area contributed by atoms with Crippen LogP contribution in [0, 0.1) is 57.2 Å². The monoisotopic (exact) mass is 867 g/mol. The van der Waals surface area contributed by atoms with E-state index in [0.717, 1.165) is 12.8 Å². The number of aliphatic carboxylic acids is 1. The summed E-state index contributed by atoms with van der Waals surface area (Å²) >= 11 is 0. The molecule has 0 spiro atoms. The summed E-state index contributed by atoms with van der Waals surface area (Å²) in [5.41, 5.74) is -2.93. The number of nitrogens with one attached hydrogen (secondary N) is 2. The van der Waals surface area contributed by atoms with Gasteiger partial charge in [0.2, 0.25) is 11.8 Å². The van der Waals surface area contributed by atoms with Crippen LogP contribution in [0.25, 0.3) is 0 Å². The quantitative estimate of drug-likeness (QED) is 0.178. The summed E-state index contributed by atoms with van der Waals surface area (Å²) in [4.78, 5) is 123. The Hall–Kier alpha value is -3.54. The Labute approximate surface area is 379 Å². The van der Waals surface area contributed by atoms with E-state index in [9.17, 15) is 47.9 Å². The zero-order valence-electron chi connectivity index (χ0n) is 36.3. The van der Waals surface area contributed by atoms with Crippen molar-refractivity contribution in [1.29, 1.82) is 0 Å². The van der Waals surface area contributed by atoms with E-state index in [1.807, 2.05) is 20.8 Å². The average molecular weight is 867 g/mol. The van der Waals surface area contributed by atoms with Crippen molar-refractivity contribution in [2.24, 2.45) is 57.2 Å². The first kappa shape index (κ1) is 56.5. The van der Waals surface area contributed by atoms with Crippen LogP contribution in [0.4, 0.5) is 0 Å². The molecule has 6 aliphatic carbocycles. The molecule has 0 radical (unpaired) electrons. The Kier molecular flexibility index (Phi) is 20.4. The van der Waals surface area contributed by atoms with Crippen LogP contribution in [-0.4, -0.2) is 88.7 Å². The number of carbonyl (C=O) groups excluding carboxylic acids is 9. The number of hydrogen-bond acceptors (Lipinski definition) is 12. The van der Waals surface area contributed by atoms with Crippen LogP contribution in [0.2, 0.25) is 0 Å². The third-order valence-electron chi connectivity index (χ3n) is 15.4. The molecule has 62 heavy (non-hydrogen) atoms. The molecule has 0 unspecified atom stereocenters. The zero-order chi connectivity index (χ0) is 42.8. The molecule has 0 aliphatic heterocycles.